The lowest BCUT2D eigenvalue weighted by Gasteiger charge is -2.12. The van der Waals surface area contributed by atoms with Gasteiger partial charge >= 0.3 is 0 Å². The van der Waals surface area contributed by atoms with Crippen molar-refractivity contribution >= 4 is 27.2 Å². The number of nitrogens with two attached hydrogens (primary N) is 1. The molecule has 0 radical (unpaired) electrons. The standard InChI is InChI=1S/C20H26N4S/c1-13(2)24(14(3)4)16-6-8-18-20(12-16)25-19-11-15(22-10-9-21)5-7-17(19)23-18/h5-8,11-14H,9-10,21H2,1-4H3/p+1. The summed E-state index contributed by atoms with van der Waals surface area (Å²) in [4.78, 5) is 6.04. The average molecular weight is 356 g/mol. The van der Waals surface area contributed by atoms with E-state index in [0.717, 1.165) is 23.4 Å². The monoisotopic (exact) mass is 355 g/mol. The largest absolute Gasteiger partial charge is 0.384 e. The van der Waals surface area contributed by atoms with Crippen molar-refractivity contribution in [1.82, 2.24) is 9.56 Å². The van der Waals surface area contributed by atoms with Crippen molar-refractivity contribution in [3.05, 3.63) is 41.8 Å². The minimum Gasteiger partial charge on any atom is -0.384 e. The molecule has 0 fully saturated rings. The van der Waals surface area contributed by atoms with E-state index in [2.05, 4.69) is 74.0 Å². The van der Waals surface area contributed by atoms with Crippen molar-refractivity contribution in [3.8, 4) is 10.6 Å². The molecule has 5 heteroatoms. The number of nitrogens with one attached hydrogen (secondary N) is 1. The van der Waals surface area contributed by atoms with Crippen molar-refractivity contribution in [2.24, 2.45) is 5.73 Å². The molecule has 0 saturated carbocycles. The lowest BCUT2D eigenvalue weighted by Crippen LogP contribution is -2.40. The normalized spacial score (nSPS) is 11.6. The number of anilines is 1. The molecule has 0 bridgehead atoms. The van der Waals surface area contributed by atoms with Crippen molar-refractivity contribution in [2.45, 2.75) is 39.8 Å². The summed E-state index contributed by atoms with van der Waals surface area (Å²) in [5, 5.41) is 4.60. The van der Waals surface area contributed by atoms with Crippen LogP contribution in [0, 0.1) is 0 Å². The van der Waals surface area contributed by atoms with Crippen LogP contribution < -0.4 is 21.0 Å². The summed E-state index contributed by atoms with van der Waals surface area (Å²) in [7, 11) is 0. The number of rotatable bonds is 5. The Morgan fingerprint density at radius 2 is 1.84 bits per heavy atom. The van der Waals surface area contributed by atoms with E-state index in [9.17, 15) is 0 Å². The van der Waals surface area contributed by atoms with Crippen LogP contribution in [0.1, 0.15) is 27.7 Å². The predicted octanol–water partition coefficient (Wildman–Crippen LogP) is 3.36. The van der Waals surface area contributed by atoms with E-state index >= 15 is 0 Å². The van der Waals surface area contributed by atoms with Crippen molar-refractivity contribution in [3.63, 3.8) is 0 Å². The Kier molecular flexibility index (Phi) is 5.35. The number of benzene rings is 2. The molecule has 1 aliphatic heterocycles. The van der Waals surface area contributed by atoms with Gasteiger partial charge in [0.05, 0.1) is 20.8 Å². The molecule has 3 N–H and O–H groups in total. The Bertz CT molecular complexity index is 901. The quantitative estimate of drug-likeness (QED) is 0.545. The molecule has 1 aromatic carbocycles. The van der Waals surface area contributed by atoms with Crippen LogP contribution >= 0.6 is 11.3 Å². The van der Waals surface area contributed by atoms with Crippen molar-refractivity contribution in [2.75, 3.05) is 18.4 Å². The zero-order valence-corrected chi connectivity index (χ0v) is 16.2. The van der Waals surface area contributed by atoms with E-state index in [1.54, 1.807) is 11.3 Å². The average Bonchev–Trinajstić information content (AvgIpc) is 2.57. The maximum Gasteiger partial charge on any atom is 0.201 e. The van der Waals surface area contributed by atoms with Crippen LogP contribution in [0.25, 0.3) is 20.8 Å². The first-order chi connectivity index (χ1) is 12.0. The summed E-state index contributed by atoms with van der Waals surface area (Å²) in [6.45, 7) is 10.4. The summed E-state index contributed by atoms with van der Waals surface area (Å²) < 4.78 is 3.63. The topological polar surface area (TPSA) is 54.0 Å². The molecule has 0 aromatic heterocycles. The van der Waals surface area contributed by atoms with E-state index < -0.39 is 0 Å². The summed E-state index contributed by atoms with van der Waals surface area (Å²) in [5.41, 5.74) is 8.76. The van der Waals surface area contributed by atoms with E-state index in [1.807, 2.05) is 0 Å². The van der Waals surface area contributed by atoms with Crippen LogP contribution in [0.2, 0.25) is 0 Å². The fourth-order valence-corrected chi connectivity index (χ4v) is 4.33. The highest BCUT2D eigenvalue weighted by Crippen LogP contribution is 2.30. The van der Waals surface area contributed by atoms with E-state index in [0.29, 0.717) is 18.6 Å². The van der Waals surface area contributed by atoms with Gasteiger partial charge in [-0.15, -0.1) is 11.3 Å². The number of nitrogens with zero attached hydrogens (tertiary/aromatic N) is 2. The zero-order valence-electron chi connectivity index (χ0n) is 15.4. The molecule has 1 aromatic rings. The second kappa shape index (κ2) is 7.50. The highest BCUT2D eigenvalue weighted by atomic mass is 32.1. The van der Waals surface area contributed by atoms with Crippen LogP contribution in [0.15, 0.2) is 36.4 Å². The van der Waals surface area contributed by atoms with Crippen LogP contribution in [0.3, 0.4) is 0 Å². The summed E-state index contributed by atoms with van der Waals surface area (Å²) in [6, 6.07) is 13.8. The van der Waals surface area contributed by atoms with Gasteiger partial charge in [0.1, 0.15) is 12.1 Å². The maximum absolute atomic E-state index is 5.58. The van der Waals surface area contributed by atoms with Crippen LogP contribution in [0.4, 0.5) is 5.69 Å². The first-order valence-electron chi connectivity index (χ1n) is 8.89. The Morgan fingerprint density at radius 1 is 1.08 bits per heavy atom. The lowest BCUT2D eigenvalue weighted by molar-refractivity contribution is 0.424. The first-order valence-corrected chi connectivity index (χ1v) is 9.71. The summed E-state index contributed by atoms with van der Waals surface area (Å²) >= 11 is 1.79. The number of hydrogen-bond donors (Lipinski definition) is 2. The fraction of sp³-hybridized carbons (Fsp3) is 0.400. The molecule has 1 aliphatic carbocycles. The van der Waals surface area contributed by atoms with Gasteiger partial charge in [0.2, 0.25) is 5.36 Å². The van der Waals surface area contributed by atoms with Gasteiger partial charge in [0.25, 0.3) is 0 Å². The Morgan fingerprint density at radius 3 is 2.52 bits per heavy atom. The number of fused-ring (bicyclic) bond motifs is 2. The van der Waals surface area contributed by atoms with Crippen LogP contribution in [0.5, 0.6) is 0 Å². The first kappa shape index (κ1) is 17.8. The van der Waals surface area contributed by atoms with Gasteiger partial charge in [-0.1, -0.05) is 0 Å². The molecule has 3 rings (SSSR count). The molecule has 132 valence electrons. The van der Waals surface area contributed by atoms with Crippen LogP contribution in [-0.4, -0.2) is 30.2 Å². The molecule has 4 nitrogen and oxygen atoms in total. The van der Waals surface area contributed by atoms with Gasteiger partial charge in [0.15, 0.2) is 0 Å². The van der Waals surface area contributed by atoms with E-state index in [4.69, 9.17) is 10.7 Å². The van der Waals surface area contributed by atoms with Gasteiger partial charge in [0, 0.05) is 30.9 Å². The third-order valence-electron chi connectivity index (χ3n) is 4.25. The van der Waals surface area contributed by atoms with Gasteiger partial charge in [-0.3, -0.25) is 0 Å². The molecule has 0 unspecified atom stereocenters. The second-order valence-electron chi connectivity index (χ2n) is 6.86. The summed E-state index contributed by atoms with van der Waals surface area (Å²) in [5.74, 6) is 0. The third-order valence-corrected chi connectivity index (χ3v) is 5.34. The second-order valence-corrected chi connectivity index (χ2v) is 7.94. The van der Waals surface area contributed by atoms with E-state index in [1.165, 1.54) is 14.9 Å². The Labute approximate surface area is 153 Å². The van der Waals surface area contributed by atoms with Gasteiger partial charge in [-0.25, -0.2) is 9.56 Å². The lowest BCUT2D eigenvalue weighted by atomic mass is 10.2. The zero-order chi connectivity index (χ0) is 18.0. The minimum absolute atomic E-state index is 0.461. The SMILES string of the molecule is CC(C)[N+](=c1ccc2nc3ccc(NCCN)cc3sc-2c1)C(C)C. The minimum atomic E-state index is 0.461. The van der Waals surface area contributed by atoms with Gasteiger partial charge in [-0.2, -0.15) is 0 Å². The predicted molar refractivity (Wildman–Crippen MR) is 109 cm³/mol. The number of aromatic nitrogens is 1. The molecule has 2 aliphatic rings. The van der Waals surface area contributed by atoms with Crippen LogP contribution in [-0.2, 0) is 0 Å². The van der Waals surface area contributed by atoms with Gasteiger partial charge in [-0.05, 0) is 52.0 Å². The molecule has 0 spiro atoms. The van der Waals surface area contributed by atoms with E-state index in [-0.39, 0.29) is 0 Å². The Hall–Kier alpha value is -1.98. The van der Waals surface area contributed by atoms with Crippen molar-refractivity contribution in [1.29, 1.82) is 0 Å². The number of hydrogen-bond acceptors (Lipinski definition) is 4. The van der Waals surface area contributed by atoms with Gasteiger partial charge < -0.3 is 11.1 Å². The molecule has 0 atom stereocenters. The molecular formula is C20H27N4S+. The third kappa shape index (κ3) is 3.83. The molecular weight excluding hydrogens is 328 g/mol. The fourth-order valence-electron chi connectivity index (χ4n) is 3.29. The molecule has 25 heavy (non-hydrogen) atoms. The molecule has 0 saturated heterocycles. The molecule has 1 heterocycles. The Balaban J connectivity index is 2.17. The smallest absolute Gasteiger partial charge is 0.201 e. The summed E-state index contributed by atoms with van der Waals surface area (Å²) in [6.07, 6.45) is 0. The van der Waals surface area contributed by atoms with Crippen molar-refractivity contribution < 1.29 is 0 Å². The highest BCUT2D eigenvalue weighted by Gasteiger charge is 2.17. The maximum atomic E-state index is 5.58. The molecule has 0 amide bonds. The highest BCUT2D eigenvalue weighted by molar-refractivity contribution is 7.21.